The van der Waals surface area contributed by atoms with Crippen LogP contribution >= 0.6 is 11.3 Å². The SMILES string of the molecule is CNC(=O)c1cc(C(=O)Nc2nncs2)n(C(C)c2ccccc2)n1. The minimum Gasteiger partial charge on any atom is -0.354 e. The van der Waals surface area contributed by atoms with Gasteiger partial charge in [-0.25, -0.2) is 0 Å². The van der Waals surface area contributed by atoms with Gasteiger partial charge in [0.05, 0.1) is 6.04 Å². The van der Waals surface area contributed by atoms with Crippen molar-refractivity contribution in [2.75, 3.05) is 12.4 Å². The maximum atomic E-state index is 12.6. The van der Waals surface area contributed by atoms with Gasteiger partial charge in [0, 0.05) is 13.1 Å². The van der Waals surface area contributed by atoms with Gasteiger partial charge in [-0.3, -0.25) is 19.6 Å². The fourth-order valence-corrected chi connectivity index (χ4v) is 2.80. The van der Waals surface area contributed by atoms with Gasteiger partial charge in [0.1, 0.15) is 11.2 Å². The number of hydrogen-bond donors (Lipinski definition) is 2. The van der Waals surface area contributed by atoms with Crippen LogP contribution < -0.4 is 10.6 Å². The molecular weight excluding hydrogens is 340 g/mol. The van der Waals surface area contributed by atoms with Gasteiger partial charge in [-0.1, -0.05) is 41.7 Å². The third-order valence-corrected chi connectivity index (χ3v) is 4.26. The highest BCUT2D eigenvalue weighted by Crippen LogP contribution is 2.21. The van der Waals surface area contributed by atoms with Crippen molar-refractivity contribution in [2.45, 2.75) is 13.0 Å². The predicted octanol–water partition coefficient (Wildman–Crippen LogP) is 1.96. The highest BCUT2D eigenvalue weighted by atomic mass is 32.1. The molecule has 0 saturated carbocycles. The van der Waals surface area contributed by atoms with E-state index in [2.05, 4.69) is 25.9 Å². The number of aromatic nitrogens is 4. The van der Waals surface area contributed by atoms with E-state index >= 15 is 0 Å². The number of amides is 2. The molecule has 2 N–H and O–H groups in total. The Kier molecular flexibility index (Phi) is 4.85. The van der Waals surface area contributed by atoms with Crippen molar-refractivity contribution in [2.24, 2.45) is 0 Å². The van der Waals surface area contributed by atoms with Gasteiger partial charge < -0.3 is 5.32 Å². The van der Waals surface area contributed by atoms with Crippen LogP contribution in [-0.4, -0.2) is 38.8 Å². The molecule has 3 aromatic rings. The van der Waals surface area contributed by atoms with Crippen molar-refractivity contribution in [3.8, 4) is 0 Å². The Balaban J connectivity index is 1.99. The van der Waals surface area contributed by atoms with E-state index in [0.717, 1.165) is 5.56 Å². The molecule has 0 aliphatic carbocycles. The number of hydrogen-bond acceptors (Lipinski definition) is 6. The molecule has 0 aliphatic heterocycles. The van der Waals surface area contributed by atoms with E-state index in [1.54, 1.807) is 0 Å². The van der Waals surface area contributed by atoms with Crippen LogP contribution in [0.3, 0.4) is 0 Å². The molecule has 3 rings (SSSR count). The molecule has 9 heteroatoms. The summed E-state index contributed by atoms with van der Waals surface area (Å²) in [6, 6.07) is 10.9. The molecule has 1 unspecified atom stereocenters. The maximum absolute atomic E-state index is 12.6. The molecular formula is C16H16N6O2S. The first-order valence-corrected chi connectivity index (χ1v) is 8.42. The molecule has 0 radical (unpaired) electrons. The molecule has 0 fully saturated rings. The number of nitrogens with zero attached hydrogens (tertiary/aromatic N) is 4. The highest BCUT2D eigenvalue weighted by molar-refractivity contribution is 7.13. The lowest BCUT2D eigenvalue weighted by atomic mass is 10.1. The third-order valence-electron chi connectivity index (χ3n) is 3.66. The van der Waals surface area contributed by atoms with Gasteiger partial charge in [-0.05, 0) is 12.5 Å². The summed E-state index contributed by atoms with van der Waals surface area (Å²) >= 11 is 1.21. The monoisotopic (exact) mass is 356 g/mol. The van der Waals surface area contributed by atoms with Crippen LogP contribution in [0.2, 0.25) is 0 Å². The predicted molar refractivity (Wildman–Crippen MR) is 93.7 cm³/mol. The summed E-state index contributed by atoms with van der Waals surface area (Å²) in [5.74, 6) is -0.758. The van der Waals surface area contributed by atoms with Crippen molar-refractivity contribution in [1.82, 2.24) is 25.3 Å². The van der Waals surface area contributed by atoms with E-state index in [-0.39, 0.29) is 23.3 Å². The van der Waals surface area contributed by atoms with Crippen LogP contribution in [0.1, 0.15) is 39.5 Å². The summed E-state index contributed by atoms with van der Waals surface area (Å²) in [6.45, 7) is 1.91. The van der Waals surface area contributed by atoms with Crippen LogP contribution in [0, 0.1) is 0 Å². The zero-order valence-electron chi connectivity index (χ0n) is 13.6. The van der Waals surface area contributed by atoms with Crippen molar-refractivity contribution >= 4 is 28.3 Å². The minimum absolute atomic E-state index is 0.174. The average molecular weight is 356 g/mol. The summed E-state index contributed by atoms with van der Waals surface area (Å²) < 4.78 is 1.54. The molecule has 1 atom stereocenters. The highest BCUT2D eigenvalue weighted by Gasteiger charge is 2.23. The molecule has 0 aliphatic rings. The van der Waals surface area contributed by atoms with E-state index in [0.29, 0.717) is 5.13 Å². The minimum atomic E-state index is -0.401. The fourth-order valence-electron chi connectivity index (χ4n) is 2.36. The zero-order chi connectivity index (χ0) is 17.8. The van der Waals surface area contributed by atoms with Gasteiger partial charge in [0.25, 0.3) is 11.8 Å². The fraction of sp³-hybridized carbons (Fsp3) is 0.188. The number of benzene rings is 1. The van der Waals surface area contributed by atoms with E-state index < -0.39 is 5.91 Å². The molecule has 0 bridgehead atoms. The van der Waals surface area contributed by atoms with Crippen LogP contribution in [0.15, 0.2) is 41.9 Å². The van der Waals surface area contributed by atoms with Crippen molar-refractivity contribution < 1.29 is 9.59 Å². The molecule has 2 heterocycles. The second-order valence-electron chi connectivity index (χ2n) is 5.22. The Bertz CT molecular complexity index is 875. The molecule has 0 saturated heterocycles. The Morgan fingerprint density at radius 3 is 2.60 bits per heavy atom. The number of carbonyl (C=O) groups excluding carboxylic acids is 2. The Labute approximate surface area is 147 Å². The van der Waals surface area contributed by atoms with Crippen LogP contribution in [0.25, 0.3) is 0 Å². The lowest BCUT2D eigenvalue weighted by Gasteiger charge is -2.15. The summed E-state index contributed by atoms with van der Waals surface area (Å²) in [4.78, 5) is 24.6. The lowest BCUT2D eigenvalue weighted by molar-refractivity contribution is 0.0956. The summed E-state index contributed by atoms with van der Waals surface area (Å²) in [7, 11) is 1.52. The van der Waals surface area contributed by atoms with E-state index in [4.69, 9.17) is 0 Å². The number of anilines is 1. The first-order chi connectivity index (χ1) is 12.1. The topological polar surface area (TPSA) is 102 Å². The molecule has 0 spiro atoms. The zero-order valence-corrected chi connectivity index (χ0v) is 14.4. The van der Waals surface area contributed by atoms with Gasteiger partial charge in [0.2, 0.25) is 5.13 Å². The standard InChI is InChI=1S/C16H16N6O2S/c1-10(11-6-4-3-5-7-11)22-13(8-12(21-22)14(23)17-2)15(24)19-16-20-18-9-25-16/h3-10H,1-2H3,(H,17,23)(H,19,20,24). The molecule has 25 heavy (non-hydrogen) atoms. The van der Waals surface area contributed by atoms with E-state index in [1.807, 2.05) is 37.3 Å². The quantitative estimate of drug-likeness (QED) is 0.727. The smallest absolute Gasteiger partial charge is 0.275 e. The van der Waals surface area contributed by atoms with Crippen LogP contribution in [-0.2, 0) is 0 Å². The molecule has 2 aromatic heterocycles. The molecule has 2 amide bonds. The largest absolute Gasteiger partial charge is 0.354 e. The van der Waals surface area contributed by atoms with Crippen LogP contribution in [0.4, 0.5) is 5.13 Å². The first kappa shape index (κ1) is 16.8. The van der Waals surface area contributed by atoms with Crippen molar-refractivity contribution in [3.63, 3.8) is 0 Å². The van der Waals surface area contributed by atoms with Crippen LogP contribution in [0.5, 0.6) is 0 Å². The van der Waals surface area contributed by atoms with Crippen molar-refractivity contribution in [1.29, 1.82) is 0 Å². The summed E-state index contributed by atoms with van der Waals surface area (Å²) in [5.41, 5.74) is 2.94. The average Bonchev–Trinajstić information content (AvgIpc) is 3.30. The Morgan fingerprint density at radius 1 is 1.20 bits per heavy atom. The second-order valence-corrected chi connectivity index (χ2v) is 6.06. The summed E-state index contributed by atoms with van der Waals surface area (Å²) in [6.07, 6.45) is 0. The van der Waals surface area contributed by atoms with Crippen molar-refractivity contribution in [3.05, 3.63) is 58.9 Å². The van der Waals surface area contributed by atoms with Gasteiger partial charge >= 0.3 is 0 Å². The first-order valence-electron chi connectivity index (χ1n) is 7.54. The molecule has 128 valence electrons. The lowest BCUT2D eigenvalue weighted by Crippen LogP contribution is -2.21. The van der Waals surface area contributed by atoms with Gasteiger partial charge in [-0.15, -0.1) is 10.2 Å². The third kappa shape index (κ3) is 3.56. The normalized spacial score (nSPS) is 11.8. The van der Waals surface area contributed by atoms with E-state index in [9.17, 15) is 9.59 Å². The molecule has 8 nitrogen and oxygen atoms in total. The number of rotatable bonds is 5. The second kappa shape index (κ2) is 7.22. The van der Waals surface area contributed by atoms with Gasteiger partial charge in [0.15, 0.2) is 5.69 Å². The number of nitrogens with one attached hydrogen (secondary N) is 2. The summed E-state index contributed by atoms with van der Waals surface area (Å²) in [5, 5.41) is 17.4. The van der Waals surface area contributed by atoms with Gasteiger partial charge in [-0.2, -0.15) is 5.10 Å². The Morgan fingerprint density at radius 2 is 1.96 bits per heavy atom. The van der Waals surface area contributed by atoms with E-state index in [1.165, 1.54) is 34.6 Å². The maximum Gasteiger partial charge on any atom is 0.275 e. The Hall–Kier alpha value is -3.07. The number of carbonyl (C=O) groups is 2. The molecule has 1 aromatic carbocycles.